The molecule has 2 aromatic rings. The van der Waals surface area contributed by atoms with Crippen molar-refractivity contribution in [2.75, 3.05) is 5.32 Å². The van der Waals surface area contributed by atoms with Crippen LogP contribution in [-0.4, -0.2) is 17.9 Å². The van der Waals surface area contributed by atoms with Crippen molar-refractivity contribution in [3.8, 4) is 0 Å². The lowest BCUT2D eigenvalue weighted by molar-refractivity contribution is -0.117. The van der Waals surface area contributed by atoms with Gasteiger partial charge in [0.15, 0.2) is 0 Å². The van der Waals surface area contributed by atoms with E-state index in [1.54, 1.807) is 43.3 Å². The highest BCUT2D eigenvalue weighted by atomic mass is 35.5. The van der Waals surface area contributed by atoms with Crippen LogP contribution in [0.1, 0.15) is 22.8 Å². The molecule has 1 atom stereocenters. The zero-order chi connectivity index (χ0) is 17.0. The summed E-state index contributed by atoms with van der Waals surface area (Å²) in [6.07, 6.45) is 0. The lowest BCUT2D eigenvalue weighted by atomic mass is 10.2. The molecule has 0 aliphatic carbocycles. The van der Waals surface area contributed by atoms with Crippen molar-refractivity contribution in [3.05, 3.63) is 63.6 Å². The van der Waals surface area contributed by atoms with Crippen molar-refractivity contribution in [1.82, 2.24) is 5.32 Å². The molecule has 2 amide bonds. The fraction of sp³-hybridized carbons (Fsp3) is 0.176. The van der Waals surface area contributed by atoms with E-state index in [1.807, 2.05) is 13.0 Å². The van der Waals surface area contributed by atoms with Gasteiger partial charge in [-0.15, -0.1) is 0 Å². The first-order chi connectivity index (χ1) is 10.9. The molecule has 2 N–H and O–H groups in total. The SMILES string of the molecule is Cc1ccc(NC(=O)[C@H](C)NC(=O)c2ccccc2Cl)cc1Cl. The average molecular weight is 351 g/mol. The maximum atomic E-state index is 12.2. The third-order valence-corrected chi connectivity index (χ3v) is 4.04. The number of aryl methyl sites for hydroxylation is 1. The van der Waals surface area contributed by atoms with Crippen LogP contribution in [0.3, 0.4) is 0 Å². The molecular formula is C17H16Cl2N2O2. The van der Waals surface area contributed by atoms with Crippen LogP contribution >= 0.6 is 23.2 Å². The molecule has 0 aliphatic rings. The molecule has 0 radical (unpaired) electrons. The zero-order valence-electron chi connectivity index (χ0n) is 12.7. The average Bonchev–Trinajstić information content (AvgIpc) is 2.51. The summed E-state index contributed by atoms with van der Waals surface area (Å²) in [4.78, 5) is 24.3. The van der Waals surface area contributed by atoms with E-state index in [1.165, 1.54) is 0 Å². The summed E-state index contributed by atoms with van der Waals surface area (Å²) in [5.41, 5.74) is 1.82. The van der Waals surface area contributed by atoms with E-state index < -0.39 is 11.9 Å². The number of hydrogen-bond acceptors (Lipinski definition) is 2. The smallest absolute Gasteiger partial charge is 0.253 e. The van der Waals surface area contributed by atoms with Gasteiger partial charge in [-0.05, 0) is 43.7 Å². The van der Waals surface area contributed by atoms with Gasteiger partial charge in [-0.25, -0.2) is 0 Å². The van der Waals surface area contributed by atoms with Crippen LogP contribution in [0.5, 0.6) is 0 Å². The van der Waals surface area contributed by atoms with Crippen molar-refractivity contribution in [2.45, 2.75) is 19.9 Å². The third-order valence-electron chi connectivity index (χ3n) is 3.30. The summed E-state index contributed by atoms with van der Waals surface area (Å²) in [7, 11) is 0. The number of benzene rings is 2. The van der Waals surface area contributed by atoms with Gasteiger partial charge in [-0.2, -0.15) is 0 Å². The number of carbonyl (C=O) groups is 2. The van der Waals surface area contributed by atoms with Gasteiger partial charge >= 0.3 is 0 Å². The van der Waals surface area contributed by atoms with E-state index in [0.29, 0.717) is 21.3 Å². The van der Waals surface area contributed by atoms with Crippen molar-refractivity contribution in [3.63, 3.8) is 0 Å². The second-order valence-corrected chi connectivity index (χ2v) is 5.94. The lowest BCUT2D eigenvalue weighted by Crippen LogP contribution is -2.41. The number of amides is 2. The van der Waals surface area contributed by atoms with E-state index in [9.17, 15) is 9.59 Å². The van der Waals surface area contributed by atoms with Gasteiger partial charge in [0.1, 0.15) is 6.04 Å². The first kappa shape index (κ1) is 17.3. The number of nitrogens with one attached hydrogen (secondary N) is 2. The topological polar surface area (TPSA) is 58.2 Å². The molecule has 23 heavy (non-hydrogen) atoms. The van der Waals surface area contributed by atoms with Gasteiger partial charge in [-0.1, -0.05) is 41.4 Å². The second kappa shape index (κ2) is 7.49. The maximum absolute atomic E-state index is 12.2. The number of carbonyl (C=O) groups excluding carboxylic acids is 2. The Hall–Kier alpha value is -2.04. The van der Waals surface area contributed by atoms with Crippen molar-refractivity contribution in [2.24, 2.45) is 0 Å². The molecular weight excluding hydrogens is 335 g/mol. The number of anilines is 1. The van der Waals surface area contributed by atoms with Gasteiger partial charge in [0, 0.05) is 10.7 Å². The number of hydrogen-bond donors (Lipinski definition) is 2. The summed E-state index contributed by atoms with van der Waals surface area (Å²) in [5, 5.41) is 6.23. The second-order valence-electron chi connectivity index (χ2n) is 5.13. The highest BCUT2D eigenvalue weighted by molar-refractivity contribution is 6.34. The first-order valence-corrected chi connectivity index (χ1v) is 7.76. The zero-order valence-corrected chi connectivity index (χ0v) is 14.2. The number of rotatable bonds is 4. The van der Waals surface area contributed by atoms with E-state index in [2.05, 4.69) is 10.6 Å². The molecule has 0 heterocycles. The van der Waals surface area contributed by atoms with Gasteiger partial charge < -0.3 is 10.6 Å². The predicted molar refractivity (Wildman–Crippen MR) is 93.2 cm³/mol. The third kappa shape index (κ3) is 4.47. The molecule has 0 bridgehead atoms. The molecule has 4 nitrogen and oxygen atoms in total. The summed E-state index contributed by atoms with van der Waals surface area (Å²) in [5.74, 6) is -0.745. The molecule has 6 heteroatoms. The van der Waals surface area contributed by atoms with Crippen LogP contribution in [0.4, 0.5) is 5.69 Å². The summed E-state index contributed by atoms with van der Waals surface area (Å²) < 4.78 is 0. The van der Waals surface area contributed by atoms with Gasteiger partial charge in [0.25, 0.3) is 5.91 Å². The Morgan fingerprint density at radius 3 is 2.39 bits per heavy atom. The van der Waals surface area contributed by atoms with E-state index in [4.69, 9.17) is 23.2 Å². The Labute approximate surface area is 144 Å². The maximum Gasteiger partial charge on any atom is 0.253 e. The van der Waals surface area contributed by atoms with Crippen LogP contribution in [0.25, 0.3) is 0 Å². The Kier molecular flexibility index (Phi) is 5.64. The molecule has 0 unspecified atom stereocenters. The van der Waals surface area contributed by atoms with Gasteiger partial charge in [0.2, 0.25) is 5.91 Å². The Morgan fingerprint density at radius 2 is 1.74 bits per heavy atom. The van der Waals surface area contributed by atoms with Crippen LogP contribution in [-0.2, 0) is 4.79 Å². The first-order valence-electron chi connectivity index (χ1n) is 7.01. The lowest BCUT2D eigenvalue weighted by Gasteiger charge is -2.15. The monoisotopic (exact) mass is 350 g/mol. The quantitative estimate of drug-likeness (QED) is 0.873. The largest absolute Gasteiger partial charge is 0.340 e. The minimum absolute atomic E-state index is 0.326. The van der Waals surface area contributed by atoms with Crippen LogP contribution in [0.2, 0.25) is 10.0 Å². The molecule has 120 valence electrons. The number of halogens is 2. The molecule has 0 aromatic heterocycles. The van der Waals surface area contributed by atoms with Crippen molar-refractivity contribution in [1.29, 1.82) is 0 Å². The van der Waals surface area contributed by atoms with Crippen LogP contribution in [0.15, 0.2) is 42.5 Å². The van der Waals surface area contributed by atoms with Crippen LogP contribution in [0, 0.1) is 6.92 Å². The highest BCUT2D eigenvalue weighted by Gasteiger charge is 2.18. The minimum atomic E-state index is -0.723. The molecule has 0 saturated carbocycles. The molecule has 0 saturated heterocycles. The molecule has 0 fully saturated rings. The summed E-state index contributed by atoms with van der Waals surface area (Å²) in [6, 6.07) is 11.2. The van der Waals surface area contributed by atoms with Crippen molar-refractivity contribution < 1.29 is 9.59 Å². The van der Waals surface area contributed by atoms with Crippen LogP contribution < -0.4 is 10.6 Å². The molecule has 2 rings (SSSR count). The predicted octanol–water partition coefficient (Wildman–Crippen LogP) is 4.06. The van der Waals surface area contributed by atoms with Gasteiger partial charge in [0.05, 0.1) is 10.6 Å². The summed E-state index contributed by atoms with van der Waals surface area (Å²) >= 11 is 12.0. The highest BCUT2D eigenvalue weighted by Crippen LogP contribution is 2.20. The van der Waals surface area contributed by atoms with Gasteiger partial charge in [-0.3, -0.25) is 9.59 Å². The van der Waals surface area contributed by atoms with E-state index in [-0.39, 0.29) is 5.91 Å². The Morgan fingerprint density at radius 1 is 1.04 bits per heavy atom. The Bertz CT molecular complexity index is 747. The summed E-state index contributed by atoms with van der Waals surface area (Å²) in [6.45, 7) is 3.47. The van der Waals surface area contributed by atoms with E-state index in [0.717, 1.165) is 5.56 Å². The standard InChI is InChI=1S/C17H16Cl2N2O2/c1-10-7-8-12(9-15(10)19)21-16(22)11(2)20-17(23)13-5-3-4-6-14(13)18/h3-9,11H,1-2H3,(H,20,23)(H,21,22)/t11-/m0/s1. The Balaban J connectivity index is 2.01. The fourth-order valence-corrected chi connectivity index (χ4v) is 2.31. The minimum Gasteiger partial charge on any atom is -0.340 e. The van der Waals surface area contributed by atoms with E-state index >= 15 is 0 Å². The molecule has 0 spiro atoms. The fourth-order valence-electron chi connectivity index (χ4n) is 1.91. The van der Waals surface area contributed by atoms with Crippen molar-refractivity contribution >= 4 is 40.7 Å². The molecule has 2 aromatic carbocycles. The molecule has 0 aliphatic heterocycles. The normalized spacial score (nSPS) is 11.7.